The monoisotopic (exact) mass is 454 g/mol. The Bertz CT molecular complexity index is 1030. The summed E-state index contributed by atoms with van der Waals surface area (Å²) in [6, 6.07) is 10.2. The molecule has 1 aromatic carbocycles. The van der Waals surface area contributed by atoms with Gasteiger partial charge in [-0.05, 0) is 42.7 Å². The fourth-order valence-corrected chi connectivity index (χ4v) is 4.92. The van der Waals surface area contributed by atoms with E-state index in [1.165, 1.54) is 30.3 Å². The lowest BCUT2D eigenvalue weighted by Gasteiger charge is -2.34. The number of hydrogen-bond acceptors (Lipinski definition) is 5. The molecule has 1 aliphatic rings. The first-order valence-electron chi connectivity index (χ1n) is 10.9. The number of nitrogens with zero attached hydrogens (tertiary/aromatic N) is 4. The maximum atomic E-state index is 13.3. The minimum atomic E-state index is -0.270. The topological polar surface area (TPSA) is 64.2 Å². The number of carbonyl (C=O) groups is 1. The van der Waals surface area contributed by atoms with Gasteiger partial charge in [-0.2, -0.15) is 0 Å². The summed E-state index contributed by atoms with van der Waals surface area (Å²) in [4.78, 5) is 15.3. The van der Waals surface area contributed by atoms with Crippen molar-refractivity contribution >= 4 is 17.7 Å². The maximum absolute atomic E-state index is 13.3. The fraction of sp³-hybridized carbons (Fsp3) is 0.375. The van der Waals surface area contributed by atoms with Gasteiger partial charge in [0.15, 0.2) is 10.9 Å². The van der Waals surface area contributed by atoms with Crippen LogP contribution in [0.25, 0.3) is 11.6 Å². The maximum Gasteiger partial charge on any atom is 0.233 e. The summed E-state index contributed by atoms with van der Waals surface area (Å²) >= 11 is 1.37. The minimum absolute atomic E-state index is 0.0546. The summed E-state index contributed by atoms with van der Waals surface area (Å²) in [6.07, 6.45) is 8.85. The van der Waals surface area contributed by atoms with E-state index in [0.29, 0.717) is 29.8 Å². The van der Waals surface area contributed by atoms with E-state index < -0.39 is 0 Å². The lowest BCUT2D eigenvalue weighted by Crippen LogP contribution is -2.42. The van der Waals surface area contributed by atoms with Crippen LogP contribution in [0.4, 0.5) is 4.39 Å². The summed E-state index contributed by atoms with van der Waals surface area (Å²) < 4.78 is 20.7. The minimum Gasteiger partial charge on any atom is -0.461 e. The molecule has 8 heteroatoms. The van der Waals surface area contributed by atoms with Crippen LogP contribution in [0, 0.1) is 5.82 Å². The number of benzene rings is 1. The van der Waals surface area contributed by atoms with Crippen molar-refractivity contribution in [1.29, 1.82) is 0 Å². The van der Waals surface area contributed by atoms with Crippen molar-refractivity contribution in [2.45, 2.75) is 56.4 Å². The molecule has 1 fully saturated rings. The molecule has 2 heterocycles. The van der Waals surface area contributed by atoms with Crippen LogP contribution < -0.4 is 0 Å². The number of aromatic nitrogens is 3. The molecular weight excluding hydrogens is 427 g/mol. The highest BCUT2D eigenvalue weighted by atomic mass is 32.2. The van der Waals surface area contributed by atoms with Crippen LogP contribution in [0.2, 0.25) is 0 Å². The third-order valence-corrected chi connectivity index (χ3v) is 6.65. The van der Waals surface area contributed by atoms with Crippen LogP contribution >= 0.6 is 11.8 Å². The van der Waals surface area contributed by atoms with E-state index in [0.717, 1.165) is 31.2 Å². The van der Waals surface area contributed by atoms with Crippen LogP contribution in [-0.2, 0) is 17.9 Å². The molecule has 0 spiro atoms. The molecule has 0 aliphatic heterocycles. The molecule has 0 radical (unpaired) electrons. The number of carbonyl (C=O) groups excluding carboxylic acids is 1. The number of furan rings is 1. The van der Waals surface area contributed by atoms with Gasteiger partial charge in [-0.3, -0.25) is 9.36 Å². The van der Waals surface area contributed by atoms with Crippen molar-refractivity contribution in [3.63, 3.8) is 0 Å². The molecule has 0 unspecified atom stereocenters. The fourth-order valence-electron chi connectivity index (χ4n) is 4.09. The van der Waals surface area contributed by atoms with E-state index in [1.807, 2.05) is 15.5 Å². The summed E-state index contributed by atoms with van der Waals surface area (Å²) in [6.45, 7) is 4.82. The smallest absolute Gasteiger partial charge is 0.233 e. The standard InChI is InChI=1S/C24H27FN4O2S/c1-2-14-28-23(21-9-6-15-31-21)26-27-24(28)32-17-22(30)29(20-7-4-3-5-8-20)16-18-10-12-19(25)13-11-18/h2,6,9-13,15,20H,1,3-5,7-8,14,16-17H2. The zero-order valence-electron chi connectivity index (χ0n) is 18.0. The summed E-state index contributed by atoms with van der Waals surface area (Å²) in [5.74, 6) is 1.27. The first-order valence-corrected chi connectivity index (χ1v) is 11.9. The number of allylic oxidation sites excluding steroid dienone is 1. The molecule has 4 rings (SSSR count). The Morgan fingerprint density at radius 1 is 1.22 bits per heavy atom. The molecule has 32 heavy (non-hydrogen) atoms. The Morgan fingerprint density at radius 2 is 2.00 bits per heavy atom. The van der Waals surface area contributed by atoms with Crippen LogP contribution in [-0.4, -0.2) is 37.4 Å². The normalized spacial score (nSPS) is 14.4. The van der Waals surface area contributed by atoms with Gasteiger partial charge in [-0.25, -0.2) is 4.39 Å². The zero-order chi connectivity index (χ0) is 22.3. The zero-order valence-corrected chi connectivity index (χ0v) is 18.8. The van der Waals surface area contributed by atoms with Gasteiger partial charge >= 0.3 is 0 Å². The number of amides is 1. The predicted molar refractivity (Wildman–Crippen MR) is 122 cm³/mol. The van der Waals surface area contributed by atoms with Gasteiger partial charge < -0.3 is 9.32 Å². The van der Waals surface area contributed by atoms with Crippen LogP contribution in [0.1, 0.15) is 37.7 Å². The first-order chi connectivity index (χ1) is 15.7. The van der Waals surface area contributed by atoms with Crippen LogP contribution in [0.3, 0.4) is 0 Å². The van der Waals surface area contributed by atoms with E-state index in [9.17, 15) is 9.18 Å². The third kappa shape index (κ3) is 5.30. The Morgan fingerprint density at radius 3 is 2.69 bits per heavy atom. The molecule has 6 nitrogen and oxygen atoms in total. The van der Waals surface area contributed by atoms with Crippen molar-refractivity contribution in [2.75, 3.05) is 5.75 Å². The highest BCUT2D eigenvalue weighted by molar-refractivity contribution is 7.99. The molecule has 1 aliphatic carbocycles. The predicted octanol–water partition coefficient (Wildman–Crippen LogP) is 5.32. The first kappa shape index (κ1) is 22.3. The molecule has 1 amide bonds. The average molecular weight is 455 g/mol. The molecule has 0 atom stereocenters. The third-order valence-electron chi connectivity index (χ3n) is 5.70. The van der Waals surface area contributed by atoms with E-state index in [1.54, 1.807) is 30.5 Å². The molecule has 0 saturated heterocycles. The second kappa shape index (κ2) is 10.6. The van der Waals surface area contributed by atoms with Crippen molar-refractivity contribution in [2.24, 2.45) is 0 Å². The second-order valence-electron chi connectivity index (χ2n) is 7.91. The molecular formula is C24H27FN4O2S. The van der Waals surface area contributed by atoms with Gasteiger partial charge in [0.05, 0.1) is 12.0 Å². The van der Waals surface area contributed by atoms with Gasteiger partial charge in [0, 0.05) is 19.1 Å². The lowest BCUT2D eigenvalue weighted by molar-refractivity contribution is -0.132. The summed E-state index contributed by atoms with van der Waals surface area (Å²) in [5, 5.41) is 9.19. The van der Waals surface area contributed by atoms with Crippen molar-refractivity contribution in [3.05, 3.63) is 66.7 Å². The molecule has 1 saturated carbocycles. The van der Waals surface area contributed by atoms with Crippen LogP contribution in [0.5, 0.6) is 0 Å². The van der Waals surface area contributed by atoms with E-state index in [-0.39, 0.29) is 23.5 Å². The summed E-state index contributed by atoms with van der Waals surface area (Å²) in [7, 11) is 0. The number of halogens is 1. The van der Waals surface area contributed by atoms with E-state index >= 15 is 0 Å². The molecule has 0 N–H and O–H groups in total. The highest BCUT2D eigenvalue weighted by Crippen LogP contribution is 2.28. The van der Waals surface area contributed by atoms with Gasteiger partial charge in [0.25, 0.3) is 0 Å². The van der Waals surface area contributed by atoms with Crippen molar-refractivity contribution in [3.8, 4) is 11.6 Å². The lowest BCUT2D eigenvalue weighted by atomic mass is 9.94. The Labute approximate surface area is 191 Å². The molecule has 0 bridgehead atoms. The summed E-state index contributed by atoms with van der Waals surface area (Å²) in [5.41, 5.74) is 0.935. The Kier molecular flexibility index (Phi) is 7.42. The Balaban J connectivity index is 1.49. The SMILES string of the molecule is C=CCn1c(SCC(=O)N(Cc2ccc(F)cc2)C2CCCCC2)nnc1-c1ccco1. The number of hydrogen-bond donors (Lipinski definition) is 0. The molecule has 3 aromatic rings. The highest BCUT2D eigenvalue weighted by Gasteiger charge is 2.26. The van der Waals surface area contributed by atoms with Crippen molar-refractivity contribution in [1.82, 2.24) is 19.7 Å². The largest absolute Gasteiger partial charge is 0.461 e. The number of thioether (sulfide) groups is 1. The van der Waals surface area contributed by atoms with Gasteiger partial charge in [-0.1, -0.05) is 49.2 Å². The van der Waals surface area contributed by atoms with Crippen LogP contribution in [0.15, 0.2) is 64.9 Å². The van der Waals surface area contributed by atoms with Gasteiger partial charge in [0.1, 0.15) is 5.82 Å². The Hall–Kier alpha value is -2.87. The van der Waals surface area contributed by atoms with Crippen molar-refractivity contribution < 1.29 is 13.6 Å². The van der Waals surface area contributed by atoms with E-state index in [2.05, 4.69) is 16.8 Å². The second-order valence-corrected chi connectivity index (χ2v) is 8.85. The number of rotatable bonds is 9. The molecule has 2 aromatic heterocycles. The molecule has 168 valence electrons. The van der Waals surface area contributed by atoms with Gasteiger partial charge in [-0.15, -0.1) is 16.8 Å². The van der Waals surface area contributed by atoms with E-state index in [4.69, 9.17) is 4.42 Å². The van der Waals surface area contributed by atoms with Gasteiger partial charge in [0.2, 0.25) is 11.7 Å². The quantitative estimate of drug-likeness (QED) is 0.324. The average Bonchev–Trinajstić information content (AvgIpc) is 3.48.